The van der Waals surface area contributed by atoms with Gasteiger partial charge in [0.2, 0.25) is 0 Å². The number of phenols is 1. The van der Waals surface area contributed by atoms with Crippen LogP contribution in [0.15, 0.2) is 12.1 Å². The summed E-state index contributed by atoms with van der Waals surface area (Å²) in [6.07, 6.45) is 3.47. The van der Waals surface area contributed by atoms with Crippen LogP contribution >= 0.6 is 0 Å². The molecule has 1 fully saturated rings. The zero-order valence-corrected chi connectivity index (χ0v) is 14.8. The van der Waals surface area contributed by atoms with Gasteiger partial charge in [-0.1, -0.05) is 33.8 Å². The van der Waals surface area contributed by atoms with Gasteiger partial charge in [-0.2, -0.15) is 0 Å². The lowest BCUT2D eigenvalue weighted by Crippen LogP contribution is -2.52. The monoisotopic (exact) mass is 318 g/mol. The molecule has 0 radical (unpaired) electrons. The second-order valence-electron chi connectivity index (χ2n) is 8.59. The second-order valence-corrected chi connectivity index (χ2v) is 8.59. The average Bonchev–Trinajstić information content (AvgIpc) is 2.55. The molecule has 3 atom stereocenters. The molecule has 0 bridgehead atoms. The molecule has 0 spiro atoms. The van der Waals surface area contributed by atoms with Crippen LogP contribution in [0.4, 0.5) is 0 Å². The van der Waals surface area contributed by atoms with Crippen LogP contribution in [0.5, 0.6) is 5.75 Å². The van der Waals surface area contributed by atoms with Gasteiger partial charge in [0.25, 0.3) is 0 Å². The van der Waals surface area contributed by atoms with Crippen molar-refractivity contribution >= 4 is 0 Å². The van der Waals surface area contributed by atoms with Gasteiger partial charge in [-0.3, -0.25) is 0 Å². The fourth-order valence-electron chi connectivity index (χ4n) is 4.99. The van der Waals surface area contributed by atoms with E-state index in [0.29, 0.717) is 6.42 Å². The number of rotatable bonds is 1. The Morgan fingerprint density at radius 2 is 1.87 bits per heavy atom. The third-order valence-electron chi connectivity index (χ3n) is 6.33. The smallest absolute Gasteiger partial charge is 0.119 e. The summed E-state index contributed by atoms with van der Waals surface area (Å²) in [6, 6.07) is 3.73. The summed E-state index contributed by atoms with van der Waals surface area (Å²) in [7, 11) is 0. The van der Waals surface area contributed by atoms with Crippen molar-refractivity contribution in [2.24, 2.45) is 11.3 Å². The minimum Gasteiger partial charge on any atom is -0.508 e. The van der Waals surface area contributed by atoms with Crippen LogP contribution in [0.1, 0.15) is 82.1 Å². The van der Waals surface area contributed by atoms with Crippen LogP contribution in [0, 0.1) is 11.3 Å². The molecule has 23 heavy (non-hydrogen) atoms. The van der Waals surface area contributed by atoms with Crippen LogP contribution in [-0.2, 0) is 6.42 Å². The first-order valence-electron chi connectivity index (χ1n) is 8.93. The molecule has 1 saturated carbocycles. The number of aryl methyl sites for hydroxylation is 1. The normalized spacial score (nSPS) is 33.0. The van der Waals surface area contributed by atoms with Crippen LogP contribution in [-0.4, -0.2) is 20.9 Å². The van der Waals surface area contributed by atoms with E-state index in [1.807, 2.05) is 6.07 Å². The summed E-state index contributed by atoms with van der Waals surface area (Å²) in [5.74, 6) is 0.549. The Morgan fingerprint density at radius 3 is 2.52 bits per heavy atom. The third-order valence-corrected chi connectivity index (χ3v) is 6.33. The zero-order chi connectivity index (χ0) is 17.0. The van der Waals surface area contributed by atoms with Gasteiger partial charge in [-0.15, -0.1) is 0 Å². The van der Waals surface area contributed by atoms with Crippen LogP contribution in [0.2, 0.25) is 0 Å². The Kier molecular flexibility index (Phi) is 4.01. The first-order chi connectivity index (χ1) is 10.7. The van der Waals surface area contributed by atoms with Crippen LogP contribution < -0.4 is 0 Å². The van der Waals surface area contributed by atoms with Gasteiger partial charge in [-0.25, -0.2) is 0 Å². The van der Waals surface area contributed by atoms with Gasteiger partial charge in [0.1, 0.15) is 11.9 Å². The molecule has 1 aromatic rings. The Hall–Kier alpha value is -1.06. The molecule has 0 aromatic heterocycles. The van der Waals surface area contributed by atoms with Crippen molar-refractivity contribution in [2.45, 2.75) is 77.4 Å². The van der Waals surface area contributed by atoms with Gasteiger partial charge >= 0.3 is 0 Å². The standard InChI is InChI=1S/C20H30O3/c1-12(2)14-10-13-6-7-17-19(3,4)8-5-9-20(17,23)18(22)15(13)11-16(14)21/h10-12,17-18,21-23H,5-9H2,1-4H3/t17?,18-,20+/m0/s1. The van der Waals surface area contributed by atoms with E-state index in [2.05, 4.69) is 27.7 Å². The van der Waals surface area contributed by atoms with Crippen molar-refractivity contribution in [1.29, 1.82) is 0 Å². The molecule has 3 N–H and O–H groups in total. The molecule has 3 nitrogen and oxygen atoms in total. The lowest BCUT2D eigenvalue weighted by atomic mass is 9.58. The minimum atomic E-state index is -1.08. The maximum absolute atomic E-state index is 11.4. The highest BCUT2D eigenvalue weighted by Gasteiger charge is 2.53. The fraction of sp³-hybridized carbons (Fsp3) is 0.700. The van der Waals surface area contributed by atoms with E-state index in [0.717, 1.165) is 42.4 Å². The number of aromatic hydroxyl groups is 1. The number of hydrogen-bond donors (Lipinski definition) is 3. The molecule has 2 aliphatic rings. The predicted octanol–water partition coefficient (Wildman–Crippen LogP) is 4.05. The Morgan fingerprint density at radius 1 is 1.17 bits per heavy atom. The van der Waals surface area contributed by atoms with Gasteiger partial charge < -0.3 is 15.3 Å². The predicted molar refractivity (Wildman–Crippen MR) is 91.5 cm³/mol. The summed E-state index contributed by atoms with van der Waals surface area (Å²) in [6.45, 7) is 8.54. The lowest BCUT2D eigenvalue weighted by molar-refractivity contribution is -0.169. The number of phenolic OH excluding ortho intramolecular Hbond substituents is 1. The molecule has 0 amide bonds. The van der Waals surface area contributed by atoms with Crippen LogP contribution in [0.25, 0.3) is 0 Å². The van der Waals surface area contributed by atoms with E-state index in [4.69, 9.17) is 0 Å². The maximum atomic E-state index is 11.4. The summed E-state index contributed by atoms with van der Waals surface area (Å²) >= 11 is 0. The quantitative estimate of drug-likeness (QED) is 0.732. The largest absolute Gasteiger partial charge is 0.508 e. The summed E-state index contributed by atoms with van der Waals surface area (Å²) < 4.78 is 0. The Balaban J connectivity index is 2.10. The number of aliphatic hydroxyl groups excluding tert-OH is 1. The van der Waals surface area contributed by atoms with Gasteiger partial charge in [0.15, 0.2) is 0 Å². The average molecular weight is 318 g/mol. The summed E-state index contributed by atoms with van der Waals surface area (Å²) in [5.41, 5.74) is 1.66. The molecule has 128 valence electrons. The fourth-order valence-corrected chi connectivity index (χ4v) is 4.99. The first kappa shape index (κ1) is 16.8. The molecular weight excluding hydrogens is 288 g/mol. The summed E-state index contributed by atoms with van der Waals surface area (Å²) in [5, 5.41) is 32.7. The van der Waals surface area contributed by atoms with E-state index >= 15 is 0 Å². The SMILES string of the molecule is CC(C)c1cc2c(cc1O)[C@H](O)[C@@]1(O)CCCC(C)(C)C1CC2. The van der Waals surface area contributed by atoms with E-state index in [1.54, 1.807) is 6.07 Å². The molecular formula is C20H30O3. The number of hydrogen-bond acceptors (Lipinski definition) is 3. The van der Waals surface area contributed by atoms with Crippen molar-refractivity contribution < 1.29 is 15.3 Å². The van der Waals surface area contributed by atoms with Crippen molar-refractivity contribution in [3.63, 3.8) is 0 Å². The Bertz CT molecular complexity index is 605. The van der Waals surface area contributed by atoms with Crippen molar-refractivity contribution in [3.05, 3.63) is 28.8 Å². The number of fused-ring (bicyclic) bond motifs is 2. The van der Waals surface area contributed by atoms with E-state index in [-0.39, 0.29) is 23.0 Å². The molecule has 0 saturated heterocycles. The molecule has 0 aliphatic heterocycles. The van der Waals surface area contributed by atoms with Crippen molar-refractivity contribution in [2.75, 3.05) is 0 Å². The van der Waals surface area contributed by atoms with Gasteiger partial charge in [0, 0.05) is 0 Å². The van der Waals surface area contributed by atoms with Crippen molar-refractivity contribution in [3.8, 4) is 5.75 Å². The Labute approximate surface area is 139 Å². The maximum Gasteiger partial charge on any atom is 0.119 e. The molecule has 1 aromatic carbocycles. The topological polar surface area (TPSA) is 60.7 Å². The minimum absolute atomic E-state index is 0.0267. The third kappa shape index (κ3) is 2.58. The highest BCUT2D eigenvalue weighted by atomic mass is 16.3. The lowest BCUT2D eigenvalue weighted by Gasteiger charge is -2.50. The first-order valence-corrected chi connectivity index (χ1v) is 8.93. The van der Waals surface area contributed by atoms with Crippen molar-refractivity contribution in [1.82, 2.24) is 0 Å². The highest BCUT2D eigenvalue weighted by Crippen LogP contribution is 2.55. The number of aliphatic hydroxyl groups is 2. The second kappa shape index (κ2) is 5.49. The van der Waals surface area contributed by atoms with Gasteiger partial charge in [0.05, 0.1) is 5.60 Å². The van der Waals surface area contributed by atoms with Crippen LogP contribution in [0.3, 0.4) is 0 Å². The zero-order valence-electron chi connectivity index (χ0n) is 14.8. The molecule has 0 heterocycles. The van der Waals surface area contributed by atoms with E-state index < -0.39 is 11.7 Å². The molecule has 2 aliphatic carbocycles. The van der Waals surface area contributed by atoms with E-state index in [1.165, 1.54) is 0 Å². The van der Waals surface area contributed by atoms with Gasteiger partial charge in [-0.05, 0) is 72.1 Å². The van der Waals surface area contributed by atoms with E-state index in [9.17, 15) is 15.3 Å². The number of benzene rings is 1. The molecule has 3 heteroatoms. The highest BCUT2D eigenvalue weighted by molar-refractivity contribution is 5.46. The molecule has 1 unspecified atom stereocenters. The summed E-state index contributed by atoms with van der Waals surface area (Å²) in [4.78, 5) is 0. The molecule has 3 rings (SSSR count).